The van der Waals surface area contributed by atoms with Crippen molar-refractivity contribution in [3.05, 3.63) is 47.6 Å². The average molecular weight is 443 g/mol. The van der Waals surface area contributed by atoms with Crippen molar-refractivity contribution in [3.8, 4) is 0 Å². The monoisotopic (exact) mass is 442 g/mol. The minimum absolute atomic E-state index is 0.0704. The summed E-state index contributed by atoms with van der Waals surface area (Å²) in [6.07, 6.45) is 13.6. The summed E-state index contributed by atoms with van der Waals surface area (Å²) in [6.45, 7) is 9.44. The Morgan fingerprint density at radius 2 is 1.75 bits per heavy atom. The zero-order valence-electron chi connectivity index (χ0n) is 19.6. The van der Waals surface area contributed by atoms with E-state index >= 15 is 0 Å². The molecule has 0 spiro atoms. The maximum atomic E-state index is 12.4. The number of carboxylic acids is 1. The van der Waals surface area contributed by atoms with Crippen LogP contribution in [0.5, 0.6) is 0 Å². The molecule has 0 aliphatic heterocycles. The van der Waals surface area contributed by atoms with Crippen LogP contribution in [0.15, 0.2) is 47.6 Å². The third kappa shape index (κ3) is 4.99. The Morgan fingerprint density at radius 3 is 2.38 bits per heavy atom. The molecule has 3 fully saturated rings. The Hall–Kier alpha value is -1.98. The van der Waals surface area contributed by atoms with E-state index in [4.69, 9.17) is 0 Å². The maximum Gasteiger partial charge on any atom is 0.316 e. The van der Waals surface area contributed by atoms with Crippen LogP contribution >= 0.6 is 0 Å². The Bertz CT molecular complexity index is 849. The average Bonchev–Trinajstić information content (AvgIpc) is 3.06. The van der Waals surface area contributed by atoms with Crippen LogP contribution in [0.1, 0.15) is 72.1 Å². The predicted octanol–water partition coefficient (Wildman–Crippen LogP) is 4.75. The second-order valence-corrected chi connectivity index (χ2v) is 10.8. The van der Waals surface area contributed by atoms with Crippen molar-refractivity contribution in [2.24, 2.45) is 22.7 Å². The third-order valence-corrected chi connectivity index (χ3v) is 8.08. The Labute approximate surface area is 191 Å². The fourth-order valence-corrected chi connectivity index (χ4v) is 5.99. The van der Waals surface area contributed by atoms with Crippen LogP contribution in [0, 0.1) is 22.7 Å². The van der Waals surface area contributed by atoms with E-state index < -0.39 is 29.4 Å². The summed E-state index contributed by atoms with van der Waals surface area (Å²) in [5.74, 6) is -0.828. The molecule has 0 aromatic heterocycles. The Balaban J connectivity index is 1.74. The standard InChI is InChI=1S/C27H38O5/c1-17(7-12-24(30)26(2,3)25(31)32)22-10-11-23-19(6-5-13-27(22,23)4)9-8-18-14-20(28)16-21(29)15-18/h7-9,12,20-23,28-29H,1,5-6,10-11,13-16H2,2-4H3,(H,31,32)/t20-,21-,22-,23+,27-/m1/s1. The first-order chi connectivity index (χ1) is 14.9. The molecule has 0 amide bonds. The summed E-state index contributed by atoms with van der Waals surface area (Å²) in [5.41, 5.74) is 2.08. The summed E-state index contributed by atoms with van der Waals surface area (Å²) >= 11 is 0. The van der Waals surface area contributed by atoms with Crippen molar-refractivity contribution >= 4 is 11.8 Å². The van der Waals surface area contributed by atoms with Crippen molar-refractivity contribution in [2.45, 2.75) is 84.3 Å². The predicted molar refractivity (Wildman–Crippen MR) is 125 cm³/mol. The molecule has 32 heavy (non-hydrogen) atoms. The molecular formula is C27H38O5. The number of aliphatic hydroxyl groups is 2. The van der Waals surface area contributed by atoms with Gasteiger partial charge in [-0.15, -0.1) is 0 Å². The molecule has 5 nitrogen and oxygen atoms in total. The number of aliphatic hydroxyl groups excluding tert-OH is 2. The van der Waals surface area contributed by atoms with E-state index in [0.717, 1.165) is 43.3 Å². The molecule has 5 atom stereocenters. The van der Waals surface area contributed by atoms with E-state index in [1.165, 1.54) is 25.5 Å². The first kappa shape index (κ1) is 24.7. The van der Waals surface area contributed by atoms with Crippen LogP contribution in [0.4, 0.5) is 0 Å². The number of hydrogen-bond donors (Lipinski definition) is 3. The minimum atomic E-state index is -1.44. The van der Waals surface area contributed by atoms with Gasteiger partial charge in [0.1, 0.15) is 5.41 Å². The first-order valence-corrected chi connectivity index (χ1v) is 11.8. The molecule has 0 unspecified atom stereocenters. The van der Waals surface area contributed by atoms with Crippen LogP contribution in [-0.2, 0) is 9.59 Å². The molecule has 3 rings (SSSR count). The van der Waals surface area contributed by atoms with E-state index in [9.17, 15) is 24.9 Å². The molecule has 0 radical (unpaired) electrons. The first-order valence-electron chi connectivity index (χ1n) is 11.8. The largest absolute Gasteiger partial charge is 0.481 e. The number of carbonyl (C=O) groups is 2. The van der Waals surface area contributed by atoms with E-state index in [0.29, 0.717) is 25.2 Å². The fraction of sp³-hybridized carbons (Fsp3) is 0.630. The van der Waals surface area contributed by atoms with Gasteiger partial charge >= 0.3 is 5.97 Å². The van der Waals surface area contributed by atoms with Gasteiger partial charge in [0.2, 0.25) is 0 Å². The van der Waals surface area contributed by atoms with Gasteiger partial charge < -0.3 is 15.3 Å². The number of fused-ring (bicyclic) bond motifs is 1. The number of hydrogen-bond acceptors (Lipinski definition) is 4. The van der Waals surface area contributed by atoms with Crippen LogP contribution in [0.2, 0.25) is 0 Å². The van der Waals surface area contributed by atoms with Crippen LogP contribution < -0.4 is 0 Å². The molecule has 0 bridgehead atoms. The van der Waals surface area contributed by atoms with Gasteiger partial charge in [0.05, 0.1) is 12.2 Å². The number of rotatable bonds is 6. The van der Waals surface area contributed by atoms with Crippen LogP contribution in [0.3, 0.4) is 0 Å². The number of allylic oxidation sites excluding steroid dienone is 6. The van der Waals surface area contributed by atoms with Gasteiger partial charge in [-0.25, -0.2) is 0 Å². The van der Waals surface area contributed by atoms with E-state index in [2.05, 4.69) is 25.7 Å². The summed E-state index contributed by atoms with van der Waals surface area (Å²) in [4.78, 5) is 23.7. The third-order valence-electron chi connectivity index (χ3n) is 8.08. The fourth-order valence-electron chi connectivity index (χ4n) is 5.99. The molecule has 0 aromatic carbocycles. The summed E-state index contributed by atoms with van der Waals surface area (Å²) in [7, 11) is 0. The molecule has 5 heteroatoms. The highest BCUT2D eigenvalue weighted by molar-refractivity contribution is 6.08. The van der Waals surface area contributed by atoms with Gasteiger partial charge in [-0.3, -0.25) is 9.59 Å². The number of aliphatic carboxylic acids is 1. The second kappa shape index (κ2) is 9.48. The van der Waals surface area contributed by atoms with Crippen molar-refractivity contribution in [3.63, 3.8) is 0 Å². The van der Waals surface area contributed by atoms with Crippen molar-refractivity contribution < 1.29 is 24.9 Å². The van der Waals surface area contributed by atoms with E-state index in [1.54, 1.807) is 6.08 Å². The lowest BCUT2D eigenvalue weighted by Crippen LogP contribution is -2.34. The summed E-state index contributed by atoms with van der Waals surface area (Å²) in [5, 5.41) is 29.2. The van der Waals surface area contributed by atoms with Gasteiger partial charge in [0, 0.05) is 0 Å². The highest BCUT2D eigenvalue weighted by Crippen LogP contribution is 2.59. The van der Waals surface area contributed by atoms with Gasteiger partial charge in [-0.1, -0.05) is 48.5 Å². The van der Waals surface area contributed by atoms with Gasteiger partial charge in [-0.05, 0) is 88.5 Å². The number of carboxylic acid groups (broad SMARTS) is 1. The molecule has 0 aromatic rings. The zero-order chi connectivity index (χ0) is 23.7. The normalized spacial score (nSPS) is 34.5. The van der Waals surface area contributed by atoms with Crippen LogP contribution in [0.25, 0.3) is 0 Å². The van der Waals surface area contributed by atoms with Crippen molar-refractivity contribution in [1.82, 2.24) is 0 Å². The molecule has 0 saturated heterocycles. The second-order valence-electron chi connectivity index (χ2n) is 10.8. The molecule has 3 aliphatic rings. The molecule has 0 heterocycles. The lowest BCUT2D eigenvalue weighted by atomic mass is 9.62. The molecule has 3 saturated carbocycles. The van der Waals surface area contributed by atoms with Crippen molar-refractivity contribution in [2.75, 3.05) is 0 Å². The lowest BCUT2D eigenvalue weighted by molar-refractivity contribution is -0.151. The highest BCUT2D eigenvalue weighted by Gasteiger charge is 2.49. The molecule has 176 valence electrons. The summed E-state index contributed by atoms with van der Waals surface area (Å²) in [6, 6.07) is 0. The van der Waals surface area contributed by atoms with Gasteiger partial charge in [0.15, 0.2) is 5.78 Å². The number of ketones is 1. The van der Waals surface area contributed by atoms with Gasteiger partial charge in [0.25, 0.3) is 0 Å². The Morgan fingerprint density at radius 1 is 1.09 bits per heavy atom. The minimum Gasteiger partial charge on any atom is -0.481 e. The molecular weight excluding hydrogens is 404 g/mol. The zero-order valence-corrected chi connectivity index (χ0v) is 19.6. The number of carbonyl (C=O) groups excluding carboxylic acids is 1. The maximum absolute atomic E-state index is 12.4. The lowest BCUT2D eigenvalue weighted by Gasteiger charge is -2.42. The smallest absolute Gasteiger partial charge is 0.316 e. The quantitative estimate of drug-likeness (QED) is 0.313. The SMILES string of the molecule is C=C(C=CC(=O)C(C)(C)C(=O)O)[C@H]1CC[C@H]2C(=CC=C3C[C@@H](O)C[C@H](O)C3)CCC[C@]12C. The van der Waals surface area contributed by atoms with Crippen LogP contribution in [-0.4, -0.2) is 39.3 Å². The van der Waals surface area contributed by atoms with E-state index in [-0.39, 0.29) is 11.3 Å². The highest BCUT2D eigenvalue weighted by atomic mass is 16.4. The molecule has 3 N–H and O–H groups in total. The van der Waals surface area contributed by atoms with E-state index in [1.807, 2.05) is 0 Å². The van der Waals surface area contributed by atoms with Crippen molar-refractivity contribution in [1.29, 1.82) is 0 Å². The topological polar surface area (TPSA) is 94.8 Å². The Kier molecular flexibility index (Phi) is 7.31. The molecule has 3 aliphatic carbocycles. The summed E-state index contributed by atoms with van der Waals surface area (Å²) < 4.78 is 0. The van der Waals surface area contributed by atoms with Gasteiger partial charge in [-0.2, -0.15) is 0 Å².